The molecule has 0 aromatic heterocycles. The SMILES string of the molecule is COCCSCC(=O)Nc1cccc(C(=O)Nc2cccc(F)c2)c1. The normalized spacial score (nSPS) is 10.3. The number of benzene rings is 2. The van der Waals surface area contributed by atoms with Crippen LogP contribution in [0.4, 0.5) is 15.8 Å². The monoisotopic (exact) mass is 362 g/mol. The molecule has 2 amide bonds. The van der Waals surface area contributed by atoms with Crippen LogP contribution in [0, 0.1) is 5.82 Å². The fourth-order valence-corrected chi connectivity index (χ4v) is 2.70. The predicted octanol–water partition coefficient (Wildman–Crippen LogP) is 3.40. The molecule has 0 aliphatic carbocycles. The number of carbonyl (C=O) groups is 2. The summed E-state index contributed by atoms with van der Waals surface area (Å²) in [6, 6.07) is 12.2. The van der Waals surface area contributed by atoms with E-state index in [-0.39, 0.29) is 11.8 Å². The summed E-state index contributed by atoms with van der Waals surface area (Å²) in [5, 5.41) is 5.36. The van der Waals surface area contributed by atoms with Crippen molar-refractivity contribution < 1.29 is 18.7 Å². The zero-order valence-electron chi connectivity index (χ0n) is 13.8. The van der Waals surface area contributed by atoms with E-state index in [9.17, 15) is 14.0 Å². The maximum absolute atomic E-state index is 13.2. The van der Waals surface area contributed by atoms with Gasteiger partial charge in [-0.25, -0.2) is 4.39 Å². The van der Waals surface area contributed by atoms with Gasteiger partial charge in [-0.05, 0) is 36.4 Å². The van der Waals surface area contributed by atoms with Crippen molar-refractivity contribution in [1.82, 2.24) is 0 Å². The molecule has 0 aliphatic heterocycles. The number of halogens is 1. The standard InChI is InChI=1S/C18H19FN2O3S/c1-24-8-9-25-12-17(22)20-15-6-2-4-13(10-15)18(23)21-16-7-3-5-14(19)11-16/h2-7,10-11H,8-9,12H2,1H3,(H,20,22)(H,21,23). The Balaban J connectivity index is 1.93. The minimum atomic E-state index is -0.426. The Morgan fingerprint density at radius 3 is 2.52 bits per heavy atom. The molecule has 7 heteroatoms. The third kappa shape index (κ3) is 6.56. The van der Waals surface area contributed by atoms with Crippen molar-refractivity contribution in [1.29, 1.82) is 0 Å². The first-order valence-electron chi connectivity index (χ1n) is 7.62. The highest BCUT2D eigenvalue weighted by molar-refractivity contribution is 7.99. The smallest absolute Gasteiger partial charge is 0.255 e. The summed E-state index contributed by atoms with van der Waals surface area (Å²) in [4.78, 5) is 24.1. The van der Waals surface area contributed by atoms with E-state index in [1.54, 1.807) is 37.4 Å². The summed E-state index contributed by atoms with van der Waals surface area (Å²) < 4.78 is 18.1. The zero-order valence-corrected chi connectivity index (χ0v) is 14.6. The predicted molar refractivity (Wildman–Crippen MR) is 98.6 cm³/mol. The number of amides is 2. The van der Waals surface area contributed by atoms with Gasteiger partial charge in [0.1, 0.15) is 5.82 Å². The Labute approximate surface area is 150 Å². The van der Waals surface area contributed by atoms with Gasteiger partial charge in [0, 0.05) is 29.8 Å². The first-order chi connectivity index (χ1) is 12.1. The molecule has 0 aliphatic rings. The quantitative estimate of drug-likeness (QED) is 0.707. The van der Waals surface area contributed by atoms with Crippen LogP contribution in [-0.2, 0) is 9.53 Å². The van der Waals surface area contributed by atoms with Gasteiger partial charge >= 0.3 is 0 Å². The Bertz CT molecular complexity index is 740. The largest absolute Gasteiger partial charge is 0.384 e. The maximum atomic E-state index is 13.2. The molecular formula is C18H19FN2O3S. The van der Waals surface area contributed by atoms with Crippen LogP contribution in [0.3, 0.4) is 0 Å². The van der Waals surface area contributed by atoms with Crippen LogP contribution in [0.2, 0.25) is 0 Å². The number of nitrogens with one attached hydrogen (secondary N) is 2. The molecule has 132 valence electrons. The van der Waals surface area contributed by atoms with Crippen molar-refractivity contribution in [3.8, 4) is 0 Å². The van der Waals surface area contributed by atoms with E-state index in [4.69, 9.17) is 4.74 Å². The lowest BCUT2D eigenvalue weighted by Crippen LogP contribution is -2.16. The van der Waals surface area contributed by atoms with Crippen LogP contribution in [0.1, 0.15) is 10.4 Å². The van der Waals surface area contributed by atoms with Crippen molar-refractivity contribution in [3.05, 3.63) is 59.9 Å². The first-order valence-corrected chi connectivity index (χ1v) is 8.77. The highest BCUT2D eigenvalue weighted by Gasteiger charge is 2.09. The van der Waals surface area contributed by atoms with Crippen molar-refractivity contribution in [2.24, 2.45) is 0 Å². The number of hydrogen-bond acceptors (Lipinski definition) is 4. The topological polar surface area (TPSA) is 67.4 Å². The van der Waals surface area contributed by atoms with Crippen LogP contribution < -0.4 is 10.6 Å². The lowest BCUT2D eigenvalue weighted by molar-refractivity contribution is -0.113. The van der Waals surface area contributed by atoms with Gasteiger partial charge < -0.3 is 15.4 Å². The molecule has 25 heavy (non-hydrogen) atoms. The second-order valence-electron chi connectivity index (χ2n) is 5.14. The second-order valence-corrected chi connectivity index (χ2v) is 6.24. The van der Waals surface area contributed by atoms with Crippen molar-refractivity contribution in [3.63, 3.8) is 0 Å². The van der Waals surface area contributed by atoms with Crippen molar-refractivity contribution in [2.45, 2.75) is 0 Å². The molecule has 2 aromatic carbocycles. The second kappa shape index (κ2) is 9.80. The number of anilines is 2. The highest BCUT2D eigenvalue weighted by atomic mass is 32.2. The summed E-state index contributed by atoms with van der Waals surface area (Å²) in [6.45, 7) is 0.591. The van der Waals surface area contributed by atoms with Crippen LogP contribution in [-0.4, -0.2) is 37.0 Å². The molecule has 0 saturated carbocycles. The molecular weight excluding hydrogens is 343 g/mol. The summed E-state index contributed by atoms with van der Waals surface area (Å²) in [5.74, 6) is 0.0908. The van der Waals surface area contributed by atoms with Crippen LogP contribution >= 0.6 is 11.8 Å². The summed E-state index contributed by atoms with van der Waals surface area (Å²) in [7, 11) is 1.61. The zero-order chi connectivity index (χ0) is 18.1. The Hall–Kier alpha value is -2.38. The van der Waals surface area contributed by atoms with E-state index in [2.05, 4.69) is 10.6 Å². The highest BCUT2D eigenvalue weighted by Crippen LogP contribution is 2.15. The molecule has 0 heterocycles. The molecule has 2 rings (SSSR count). The van der Waals surface area contributed by atoms with Gasteiger partial charge in [0.2, 0.25) is 5.91 Å². The molecule has 0 bridgehead atoms. The molecule has 0 radical (unpaired) electrons. The third-order valence-corrected chi connectivity index (χ3v) is 4.08. The summed E-state index contributed by atoms with van der Waals surface area (Å²) in [5.41, 5.74) is 1.27. The van der Waals surface area contributed by atoms with Crippen LogP contribution in [0.25, 0.3) is 0 Å². The third-order valence-electron chi connectivity index (χ3n) is 3.16. The van der Waals surface area contributed by atoms with Crippen LogP contribution in [0.5, 0.6) is 0 Å². The number of ether oxygens (including phenoxy) is 1. The Kier molecular flexibility index (Phi) is 7.43. The van der Waals surface area contributed by atoms with Gasteiger partial charge in [0.25, 0.3) is 5.91 Å². The van der Waals surface area contributed by atoms with Crippen LogP contribution in [0.15, 0.2) is 48.5 Å². The molecule has 5 nitrogen and oxygen atoms in total. The van der Waals surface area contributed by atoms with Gasteiger partial charge in [-0.2, -0.15) is 0 Å². The molecule has 2 aromatic rings. The number of thioether (sulfide) groups is 1. The summed E-state index contributed by atoms with van der Waals surface area (Å²) >= 11 is 1.47. The van der Waals surface area contributed by atoms with Gasteiger partial charge in [-0.3, -0.25) is 9.59 Å². The molecule has 0 fully saturated rings. The van der Waals surface area contributed by atoms with Gasteiger partial charge in [0.15, 0.2) is 0 Å². The Morgan fingerprint density at radius 2 is 1.80 bits per heavy atom. The molecule has 0 atom stereocenters. The maximum Gasteiger partial charge on any atom is 0.255 e. The number of rotatable bonds is 8. The summed E-state index contributed by atoms with van der Waals surface area (Å²) in [6.07, 6.45) is 0. The molecule has 0 spiro atoms. The van der Waals surface area contributed by atoms with Crippen molar-refractivity contribution >= 4 is 35.0 Å². The molecule has 0 saturated heterocycles. The Morgan fingerprint density at radius 1 is 1.08 bits per heavy atom. The van der Waals surface area contributed by atoms with E-state index in [1.807, 2.05) is 0 Å². The van der Waals surface area contributed by atoms with Gasteiger partial charge in [0.05, 0.1) is 12.4 Å². The minimum Gasteiger partial charge on any atom is -0.384 e. The van der Waals surface area contributed by atoms with E-state index in [1.165, 1.54) is 30.0 Å². The number of hydrogen-bond donors (Lipinski definition) is 2. The minimum absolute atomic E-state index is 0.149. The van der Waals surface area contributed by atoms with Gasteiger partial charge in [-0.15, -0.1) is 11.8 Å². The first kappa shape index (κ1) is 19.0. The average Bonchev–Trinajstić information content (AvgIpc) is 2.59. The lowest BCUT2D eigenvalue weighted by atomic mass is 10.2. The fourth-order valence-electron chi connectivity index (χ4n) is 2.01. The molecule has 0 unspecified atom stereocenters. The average molecular weight is 362 g/mol. The number of methoxy groups -OCH3 is 1. The van der Waals surface area contributed by atoms with Crippen molar-refractivity contribution in [2.75, 3.05) is 35.9 Å². The lowest BCUT2D eigenvalue weighted by Gasteiger charge is -2.08. The van der Waals surface area contributed by atoms with E-state index in [0.717, 1.165) is 5.75 Å². The van der Waals surface area contributed by atoms with E-state index < -0.39 is 5.82 Å². The molecule has 2 N–H and O–H groups in total. The van der Waals surface area contributed by atoms with E-state index in [0.29, 0.717) is 29.3 Å². The van der Waals surface area contributed by atoms with E-state index >= 15 is 0 Å². The number of carbonyl (C=O) groups excluding carboxylic acids is 2. The van der Waals surface area contributed by atoms with Gasteiger partial charge in [-0.1, -0.05) is 12.1 Å². The fraction of sp³-hybridized carbons (Fsp3) is 0.222.